The van der Waals surface area contributed by atoms with Crippen molar-refractivity contribution in [2.75, 3.05) is 4.72 Å². The Bertz CT molecular complexity index is 971. The highest BCUT2D eigenvalue weighted by molar-refractivity contribution is 7.86. The summed E-state index contributed by atoms with van der Waals surface area (Å²) in [5, 5.41) is 3.70. The molecule has 0 amide bonds. The number of hydrogen-bond donors (Lipinski definition) is 2. The number of aromatic amines is 1. The van der Waals surface area contributed by atoms with E-state index >= 15 is 0 Å². The average Bonchev–Trinajstić information content (AvgIpc) is 3.12. The number of fused-ring (bicyclic) bond motifs is 2. The second-order valence-corrected chi connectivity index (χ2v) is 6.77. The number of thiazole rings is 1. The van der Waals surface area contributed by atoms with Crippen molar-refractivity contribution in [3.8, 4) is 0 Å². The number of halogens is 1. The van der Waals surface area contributed by atoms with E-state index in [2.05, 4.69) is 14.7 Å². The minimum Gasteiger partial charge on any atom is -0.361 e. The predicted molar refractivity (Wildman–Crippen MR) is 86.4 cm³/mol. The van der Waals surface area contributed by atoms with Gasteiger partial charge in [-0.2, -0.15) is 0 Å². The van der Waals surface area contributed by atoms with Crippen LogP contribution in [-0.2, 0) is 11.0 Å². The van der Waals surface area contributed by atoms with Crippen LogP contribution in [0.1, 0.15) is 0 Å². The van der Waals surface area contributed by atoms with E-state index in [0.717, 1.165) is 21.6 Å². The molecule has 106 valence electrons. The molecule has 1 unspecified atom stereocenters. The third-order valence-corrected chi connectivity index (χ3v) is 5.41. The van der Waals surface area contributed by atoms with Gasteiger partial charge in [0.1, 0.15) is 0 Å². The van der Waals surface area contributed by atoms with Gasteiger partial charge in [0.05, 0.1) is 0 Å². The standard InChI is InChI=1S/C13H9ClN4OS2/c14-11-12(18-5-6-20-13(18)16-11)21(19)17-9-2-1-8-3-4-15-10(8)7-9/h1-7,15,17H. The van der Waals surface area contributed by atoms with Crippen LogP contribution in [0.25, 0.3) is 15.9 Å². The fourth-order valence-corrected chi connectivity index (χ4v) is 4.34. The van der Waals surface area contributed by atoms with E-state index < -0.39 is 11.0 Å². The van der Waals surface area contributed by atoms with Gasteiger partial charge in [-0.05, 0) is 23.6 Å². The number of imidazole rings is 1. The first kappa shape index (κ1) is 12.9. The van der Waals surface area contributed by atoms with Crippen molar-refractivity contribution in [1.29, 1.82) is 0 Å². The minimum absolute atomic E-state index is 0.258. The Morgan fingerprint density at radius 3 is 3.19 bits per heavy atom. The van der Waals surface area contributed by atoms with E-state index in [4.69, 9.17) is 11.6 Å². The lowest BCUT2D eigenvalue weighted by atomic mass is 10.2. The van der Waals surface area contributed by atoms with Crippen LogP contribution in [0.4, 0.5) is 5.69 Å². The zero-order valence-electron chi connectivity index (χ0n) is 10.5. The molecule has 1 atom stereocenters. The summed E-state index contributed by atoms with van der Waals surface area (Å²) in [7, 11) is -1.49. The van der Waals surface area contributed by atoms with Gasteiger partial charge >= 0.3 is 0 Å². The monoisotopic (exact) mass is 336 g/mol. The van der Waals surface area contributed by atoms with Crippen LogP contribution in [0.15, 0.2) is 47.1 Å². The van der Waals surface area contributed by atoms with Gasteiger partial charge in [-0.1, -0.05) is 17.7 Å². The Hall–Kier alpha value is -1.83. The number of benzene rings is 1. The number of rotatable bonds is 3. The molecule has 0 aliphatic rings. The largest absolute Gasteiger partial charge is 0.361 e. The maximum absolute atomic E-state index is 12.5. The van der Waals surface area contributed by atoms with Gasteiger partial charge < -0.3 is 4.98 Å². The first-order chi connectivity index (χ1) is 10.2. The Morgan fingerprint density at radius 1 is 1.38 bits per heavy atom. The molecule has 1 aromatic carbocycles. The van der Waals surface area contributed by atoms with Crippen LogP contribution < -0.4 is 4.72 Å². The summed E-state index contributed by atoms with van der Waals surface area (Å²) in [4.78, 5) is 8.04. The molecule has 4 aromatic rings. The summed E-state index contributed by atoms with van der Waals surface area (Å²) in [6.07, 6.45) is 3.68. The van der Waals surface area contributed by atoms with Gasteiger partial charge in [0, 0.05) is 29.0 Å². The van der Waals surface area contributed by atoms with Gasteiger partial charge in [-0.15, -0.1) is 11.3 Å². The highest BCUT2D eigenvalue weighted by Gasteiger charge is 2.17. The third-order valence-electron chi connectivity index (χ3n) is 3.12. The second kappa shape index (κ2) is 4.87. The fraction of sp³-hybridized carbons (Fsp3) is 0. The molecular weight excluding hydrogens is 328 g/mol. The summed E-state index contributed by atoms with van der Waals surface area (Å²) in [6.45, 7) is 0. The smallest absolute Gasteiger partial charge is 0.196 e. The maximum atomic E-state index is 12.5. The summed E-state index contributed by atoms with van der Waals surface area (Å²) in [5.41, 5.74) is 1.74. The van der Waals surface area contributed by atoms with Crippen molar-refractivity contribution < 1.29 is 4.21 Å². The summed E-state index contributed by atoms with van der Waals surface area (Å²) in [5.74, 6) is 0. The van der Waals surface area contributed by atoms with Gasteiger partial charge in [0.15, 0.2) is 26.1 Å². The molecule has 0 saturated heterocycles. The normalized spacial score (nSPS) is 13.0. The molecule has 0 spiro atoms. The van der Waals surface area contributed by atoms with Crippen molar-refractivity contribution in [2.24, 2.45) is 0 Å². The maximum Gasteiger partial charge on any atom is 0.196 e. The van der Waals surface area contributed by atoms with Gasteiger partial charge in [-0.3, -0.25) is 9.12 Å². The molecule has 21 heavy (non-hydrogen) atoms. The first-order valence-corrected chi connectivity index (χ1v) is 8.50. The lowest BCUT2D eigenvalue weighted by Gasteiger charge is -2.05. The summed E-state index contributed by atoms with van der Waals surface area (Å²) in [6, 6.07) is 7.74. The van der Waals surface area contributed by atoms with Crippen LogP contribution in [0.2, 0.25) is 5.15 Å². The second-order valence-electron chi connectivity index (χ2n) is 4.41. The van der Waals surface area contributed by atoms with Crippen LogP contribution in [0, 0.1) is 0 Å². The average molecular weight is 337 g/mol. The van der Waals surface area contributed by atoms with Crippen molar-refractivity contribution >= 4 is 55.5 Å². The number of nitrogens with zero attached hydrogens (tertiary/aromatic N) is 2. The van der Waals surface area contributed by atoms with Crippen molar-refractivity contribution in [1.82, 2.24) is 14.4 Å². The molecule has 4 rings (SSSR count). The Kier molecular flexibility index (Phi) is 2.99. The quantitative estimate of drug-likeness (QED) is 0.599. The number of nitrogens with one attached hydrogen (secondary N) is 2. The molecule has 0 saturated carbocycles. The Labute approximate surface area is 131 Å². The van der Waals surface area contributed by atoms with E-state index in [-0.39, 0.29) is 5.15 Å². The number of H-pyrrole nitrogens is 1. The van der Waals surface area contributed by atoms with Crippen LogP contribution in [0.3, 0.4) is 0 Å². The lowest BCUT2D eigenvalue weighted by Crippen LogP contribution is -2.07. The zero-order valence-corrected chi connectivity index (χ0v) is 12.9. The third kappa shape index (κ3) is 2.14. The molecule has 3 heterocycles. The number of aromatic nitrogens is 3. The molecule has 0 bridgehead atoms. The van der Waals surface area contributed by atoms with Crippen molar-refractivity contribution in [3.63, 3.8) is 0 Å². The highest BCUT2D eigenvalue weighted by atomic mass is 35.5. The van der Waals surface area contributed by atoms with Crippen LogP contribution in [-0.4, -0.2) is 18.6 Å². The van der Waals surface area contributed by atoms with E-state index in [1.54, 1.807) is 4.40 Å². The lowest BCUT2D eigenvalue weighted by molar-refractivity contribution is 0.683. The van der Waals surface area contributed by atoms with E-state index in [0.29, 0.717) is 5.03 Å². The molecule has 3 aromatic heterocycles. The predicted octanol–water partition coefficient (Wildman–Crippen LogP) is 3.67. The summed E-state index contributed by atoms with van der Waals surface area (Å²) < 4.78 is 17.2. The Morgan fingerprint density at radius 2 is 2.29 bits per heavy atom. The van der Waals surface area contributed by atoms with Crippen molar-refractivity contribution in [3.05, 3.63) is 47.2 Å². The SMILES string of the molecule is O=S(Nc1ccc2cc[nH]c2c1)c1c(Cl)nc2sccn12. The summed E-state index contributed by atoms with van der Waals surface area (Å²) >= 11 is 7.53. The fourth-order valence-electron chi connectivity index (χ4n) is 2.17. The molecule has 8 heteroatoms. The highest BCUT2D eigenvalue weighted by Crippen LogP contribution is 2.26. The van der Waals surface area contributed by atoms with Crippen LogP contribution in [0.5, 0.6) is 0 Å². The first-order valence-electron chi connectivity index (χ1n) is 6.09. The zero-order chi connectivity index (χ0) is 14.4. The molecule has 0 radical (unpaired) electrons. The Balaban J connectivity index is 1.71. The number of anilines is 1. The van der Waals surface area contributed by atoms with E-state index in [1.807, 2.05) is 42.0 Å². The van der Waals surface area contributed by atoms with Gasteiger partial charge in [-0.25, -0.2) is 9.19 Å². The molecule has 2 N–H and O–H groups in total. The van der Waals surface area contributed by atoms with Crippen LogP contribution >= 0.6 is 22.9 Å². The molecule has 0 aliphatic heterocycles. The number of hydrogen-bond acceptors (Lipinski definition) is 3. The molecule has 0 fully saturated rings. The molecule has 0 aliphatic carbocycles. The topological polar surface area (TPSA) is 62.2 Å². The van der Waals surface area contributed by atoms with Gasteiger partial charge in [0.2, 0.25) is 0 Å². The van der Waals surface area contributed by atoms with Crippen molar-refractivity contribution in [2.45, 2.75) is 5.03 Å². The van der Waals surface area contributed by atoms with E-state index in [1.165, 1.54) is 11.3 Å². The molecular formula is C13H9ClN4OS2. The van der Waals surface area contributed by atoms with E-state index in [9.17, 15) is 4.21 Å². The molecule has 5 nitrogen and oxygen atoms in total. The van der Waals surface area contributed by atoms with Gasteiger partial charge in [0.25, 0.3) is 0 Å². The minimum atomic E-state index is -1.49.